The normalized spacial score (nSPS) is 13.7. The van der Waals surface area contributed by atoms with Crippen LogP contribution < -0.4 is 10.1 Å². The van der Waals surface area contributed by atoms with Gasteiger partial charge in [0.25, 0.3) is 5.91 Å². The van der Waals surface area contributed by atoms with Crippen LogP contribution in [0.4, 0.5) is 4.39 Å². The second-order valence-electron chi connectivity index (χ2n) is 4.75. The van der Waals surface area contributed by atoms with Gasteiger partial charge in [-0.15, -0.1) is 11.3 Å². The van der Waals surface area contributed by atoms with Gasteiger partial charge >= 0.3 is 0 Å². The number of halogens is 1. The first-order valence-electron chi connectivity index (χ1n) is 6.95. The van der Waals surface area contributed by atoms with Crippen LogP contribution in [-0.4, -0.2) is 28.4 Å². The van der Waals surface area contributed by atoms with E-state index in [4.69, 9.17) is 4.74 Å². The number of hydrogen-bond donors (Lipinski definition) is 1. The van der Waals surface area contributed by atoms with Crippen LogP contribution in [0.2, 0.25) is 0 Å². The van der Waals surface area contributed by atoms with E-state index < -0.39 is 0 Å². The Bertz CT molecular complexity index is 744. The summed E-state index contributed by atoms with van der Waals surface area (Å²) in [7, 11) is 0. The van der Waals surface area contributed by atoms with E-state index in [0.29, 0.717) is 26.5 Å². The molecule has 2 aromatic rings. The van der Waals surface area contributed by atoms with Crippen molar-refractivity contribution >= 4 is 34.2 Å². The van der Waals surface area contributed by atoms with Crippen LogP contribution in [0.5, 0.6) is 5.75 Å². The molecule has 2 heterocycles. The minimum atomic E-state index is -0.311. The van der Waals surface area contributed by atoms with Crippen molar-refractivity contribution in [3.63, 3.8) is 0 Å². The summed E-state index contributed by atoms with van der Waals surface area (Å²) in [4.78, 5) is 21.3. The number of aromatic nitrogens is 1. The molecule has 1 amide bonds. The van der Waals surface area contributed by atoms with E-state index in [2.05, 4.69) is 15.3 Å². The van der Waals surface area contributed by atoms with Crippen molar-refractivity contribution in [3.8, 4) is 5.75 Å². The highest BCUT2D eigenvalue weighted by molar-refractivity contribution is 8.14. The van der Waals surface area contributed by atoms with Gasteiger partial charge in [-0.1, -0.05) is 11.8 Å². The van der Waals surface area contributed by atoms with Gasteiger partial charge in [0.15, 0.2) is 5.17 Å². The average molecular weight is 351 g/mol. The third-order valence-electron chi connectivity index (χ3n) is 3.03. The van der Waals surface area contributed by atoms with Gasteiger partial charge in [0, 0.05) is 5.75 Å². The SMILES string of the molecule is Cc1nc(COc2ccc(F)cc2)sc1C(=O)NC1=NCCS1. The maximum atomic E-state index is 12.8. The molecule has 0 fully saturated rings. The molecule has 1 N–H and O–H groups in total. The van der Waals surface area contributed by atoms with Crippen molar-refractivity contribution in [2.24, 2.45) is 4.99 Å². The maximum absolute atomic E-state index is 12.8. The largest absolute Gasteiger partial charge is 0.486 e. The maximum Gasteiger partial charge on any atom is 0.269 e. The zero-order chi connectivity index (χ0) is 16.2. The number of nitrogens with zero attached hydrogens (tertiary/aromatic N) is 2. The van der Waals surface area contributed by atoms with Crippen LogP contribution in [0.15, 0.2) is 29.3 Å². The lowest BCUT2D eigenvalue weighted by atomic mass is 10.3. The number of amides is 1. The van der Waals surface area contributed by atoms with Gasteiger partial charge in [-0.25, -0.2) is 9.37 Å². The molecule has 3 rings (SSSR count). The molecule has 0 saturated carbocycles. The van der Waals surface area contributed by atoms with E-state index in [9.17, 15) is 9.18 Å². The fourth-order valence-corrected chi connectivity index (χ4v) is 3.56. The first-order valence-corrected chi connectivity index (χ1v) is 8.75. The lowest BCUT2D eigenvalue weighted by molar-refractivity contribution is 0.0981. The number of nitrogens with one attached hydrogen (secondary N) is 1. The van der Waals surface area contributed by atoms with Crippen molar-refractivity contribution in [1.82, 2.24) is 10.3 Å². The van der Waals surface area contributed by atoms with Crippen LogP contribution in [0.1, 0.15) is 20.4 Å². The highest BCUT2D eigenvalue weighted by Gasteiger charge is 2.18. The smallest absolute Gasteiger partial charge is 0.269 e. The van der Waals surface area contributed by atoms with Crippen molar-refractivity contribution in [3.05, 3.63) is 45.7 Å². The molecule has 0 saturated heterocycles. The van der Waals surface area contributed by atoms with Crippen molar-refractivity contribution in [1.29, 1.82) is 0 Å². The lowest BCUT2D eigenvalue weighted by Gasteiger charge is -2.03. The minimum Gasteiger partial charge on any atom is -0.486 e. The summed E-state index contributed by atoms with van der Waals surface area (Å²) in [5.74, 6) is 0.950. The number of thioether (sulfide) groups is 1. The average Bonchev–Trinajstić information content (AvgIpc) is 3.16. The number of rotatable bonds is 4. The van der Waals surface area contributed by atoms with Gasteiger partial charge in [-0.05, 0) is 31.2 Å². The highest BCUT2D eigenvalue weighted by Crippen LogP contribution is 2.21. The zero-order valence-electron chi connectivity index (χ0n) is 12.3. The summed E-state index contributed by atoms with van der Waals surface area (Å²) >= 11 is 2.82. The Hall–Kier alpha value is -1.93. The molecule has 1 aromatic carbocycles. The molecule has 1 aliphatic heterocycles. The molecular weight excluding hydrogens is 337 g/mol. The fraction of sp³-hybridized carbons (Fsp3) is 0.267. The lowest BCUT2D eigenvalue weighted by Crippen LogP contribution is -2.27. The van der Waals surface area contributed by atoms with Crippen LogP contribution in [0.25, 0.3) is 0 Å². The molecule has 1 aromatic heterocycles. The number of aliphatic imine (C=N–C) groups is 1. The summed E-state index contributed by atoms with van der Waals surface area (Å²) in [5.41, 5.74) is 0.661. The van der Waals surface area contributed by atoms with Crippen LogP contribution >= 0.6 is 23.1 Å². The second-order valence-corrected chi connectivity index (χ2v) is 6.92. The molecular formula is C15H14FN3O2S2. The molecule has 23 heavy (non-hydrogen) atoms. The van der Waals surface area contributed by atoms with Crippen molar-refractivity contribution in [2.45, 2.75) is 13.5 Å². The summed E-state index contributed by atoms with van der Waals surface area (Å²) in [6.45, 7) is 2.76. The van der Waals surface area contributed by atoms with Gasteiger partial charge < -0.3 is 10.1 Å². The third kappa shape index (κ3) is 4.08. The van der Waals surface area contributed by atoms with E-state index >= 15 is 0 Å². The Morgan fingerprint density at radius 3 is 2.87 bits per heavy atom. The first kappa shape index (κ1) is 15.9. The van der Waals surface area contributed by atoms with E-state index in [0.717, 1.165) is 12.3 Å². The predicted molar refractivity (Wildman–Crippen MR) is 89.8 cm³/mol. The van der Waals surface area contributed by atoms with E-state index in [1.165, 1.54) is 35.2 Å². The van der Waals surface area contributed by atoms with Crippen LogP contribution in [-0.2, 0) is 6.61 Å². The van der Waals surface area contributed by atoms with E-state index in [1.807, 2.05) is 0 Å². The topological polar surface area (TPSA) is 63.6 Å². The van der Waals surface area contributed by atoms with Crippen LogP contribution in [0.3, 0.4) is 0 Å². The highest BCUT2D eigenvalue weighted by atomic mass is 32.2. The number of carbonyl (C=O) groups excluding carboxylic acids is 1. The Balaban J connectivity index is 1.63. The quantitative estimate of drug-likeness (QED) is 0.920. The van der Waals surface area contributed by atoms with Gasteiger partial charge in [-0.2, -0.15) is 0 Å². The summed E-state index contributed by atoms with van der Waals surface area (Å²) in [5, 5.41) is 4.14. The minimum absolute atomic E-state index is 0.193. The van der Waals surface area contributed by atoms with Crippen molar-refractivity contribution < 1.29 is 13.9 Å². The van der Waals surface area contributed by atoms with E-state index in [1.54, 1.807) is 19.1 Å². The molecule has 8 heteroatoms. The van der Waals surface area contributed by atoms with Gasteiger partial charge in [0.1, 0.15) is 28.1 Å². The molecule has 0 spiro atoms. The standard InChI is InChI=1S/C15H14FN3O2S2/c1-9-13(14(20)19-15-17-6-7-22-15)23-12(18-9)8-21-11-4-2-10(16)3-5-11/h2-5H,6-8H2,1H3,(H,17,19,20). The van der Waals surface area contributed by atoms with Gasteiger partial charge in [-0.3, -0.25) is 9.79 Å². The molecule has 0 aliphatic carbocycles. The Morgan fingerprint density at radius 1 is 1.39 bits per heavy atom. The molecule has 0 unspecified atom stereocenters. The number of carbonyl (C=O) groups is 1. The number of thiazole rings is 1. The molecule has 5 nitrogen and oxygen atoms in total. The number of aryl methyl sites for hydroxylation is 1. The zero-order valence-corrected chi connectivity index (χ0v) is 14.0. The van der Waals surface area contributed by atoms with Gasteiger partial charge in [0.2, 0.25) is 0 Å². The Kier molecular flexibility index (Phi) is 4.92. The molecule has 0 bridgehead atoms. The Labute approximate surface area is 141 Å². The second kappa shape index (κ2) is 7.10. The predicted octanol–water partition coefficient (Wildman–Crippen LogP) is 3.00. The number of amidine groups is 1. The number of ether oxygens (including phenoxy) is 1. The number of hydrogen-bond acceptors (Lipinski definition) is 6. The van der Waals surface area contributed by atoms with Crippen LogP contribution in [0, 0.1) is 12.7 Å². The fourth-order valence-electron chi connectivity index (χ4n) is 1.97. The molecule has 1 aliphatic rings. The summed E-state index contributed by atoms with van der Waals surface area (Å²) in [6.07, 6.45) is 0. The third-order valence-corrected chi connectivity index (χ3v) is 5.05. The number of benzene rings is 1. The molecule has 0 atom stereocenters. The van der Waals surface area contributed by atoms with Crippen molar-refractivity contribution in [2.75, 3.05) is 12.3 Å². The van der Waals surface area contributed by atoms with E-state index in [-0.39, 0.29) is 18.3 Å². The molecule has 0 radical (unpaired) electrons. The monoisotopic (exact) mass is 351 g/mol. The molecule has 120 valence electrons. The summed E-state index contributed by atoms with van der Waals surface area (Å²) < 4.78 is 18.4. The summed E-state index contributed by atoms with van der Waals surface area (Å²) in [6, 6.07) is 5.78. The first-order chi connectivity index (χ1) is 11.1. The Morgan fingerprint density at radius 2 is 2.17 bits per heavy atom. The van der Waals surface area contributed by atoms with Gasteiger partial charge in [0.05, 0.1) is 12.2 Å².